The van der Waals surface area contributed by atoms with E-state index >= 15 is 0 Å². The second kappa shape index (κ2) is 15.0. The zero-order valence-electron chi connectivity index (χ0n) is 18.9. The number of halogens is 1. The number of nitrogens with zero attached hydrogens (tertiary/aromatic N) is 5. The molecule has 7 nitrogen and oxygen atoms in total. The Balaban J connectivity index is 0.00000420. The first kappa shape index (κ1) is 26.1. The summed E-state index contributed by atoms with van der Waals surface area (Å²) in [5.41, 5.74) is 0. The van der Waals surface area contributed by atoms with Gasteiger partial charge in [-0.3, -0.25) is 9.89 Å². The van der Waals surface area contributed by atoms with Crippen molar-refractivity contribution in [1.29, 1.82) is 0 Å². The number of aryl methyl sites for hydroxylation is 1. The van der Waals surface area contributed by atoms with Crippen molar-refractivity contribution in [3.05, 3.63) is 12.2 Å². The van der Waals surface area contributed by atoms with Crippen LogP contribution in [0.1, 0.15) is 72.0 Å². The van der Waals surface area contributed by atoms with Crippen LogP contribution in [0.25, 0.3) is 0 Å². The van der Waals surface area contributed by atoms with Crippen molar-refractivity contribution < 1.29 is 0 Å². The van der Waals surface area contributed by atoms with Gasteiger partial charge in [0, 0.05) is 31.6 Å². The normalized spacial score (nSPS) is 18.5. The number of unbranched alkanes of at least 4 members (excludes halogenated alkanes) is 2. The molecule has 8 heteroatoms. The van der Waals surface area contributed by atoms with E-state index in [-0.39, 0.29) is 24.0 Å². The molecule has 1 aliphatic rings. The molecule has 0 bridgehead atoms. The standard InChI is InChI=1S/C21H41N7.HI/c1-5-8-9-11-18(4)25-21(23-16-19-12-10-14-27(19)7-3)22-13-15-28-17-24-26-20(28)6-2;/h17-19H,5-16H2,1-4H3,(H2,22,23,25);1H. The van der Waals surface area contributed by atoms with Gasteiger partial charge in [-0.1, -0.05) is 40.0 Å². The van der Waals surface area contributed by atoms with Crippen LogP contribution in [-0.4, -0.2) is 63.9 Å². The van der Waals surface area contributed by atoms with Crippen LogP contribution < -0.4 is 10.6 Å². The lowest BCUT2D eigenvalue weighted by Crippen LogP contribution is -2.44. The van der Waals surface area contributed by atoms with Crippen molar-refractivity contribution in [3.63, 3.8) is 0 Å². The van der Waals surface area contributed by atoms with Crippen molar-refractivity contribution in [2.24, 2.45) is 4.99 Å². The molecule has 1 saturated heterocycles. The predicted octanol–water partition coefficient (Wildman–Crippen LogP) is 3.45. The lowest BCUT2D eigenvalue weighted by molar-refractivity contribution is 0.273. The Morgan fingerprint density at radius 3 is 2.86 bits per heavy atom. The van der Waals surface area contributed by atoms with E-state index in [0.29, 0.717) is 12.1 Å². The van der Waals surface area contributed by atoms with Gasteiger partial charge in [-0.15, -0.1) is 34.2 Å². The molecule has 2 unspecified atom stereocenters. The highest BCUT2D eigenvalue weighted by atomic mass is 127. The van der Waals surface area contributed by atoms with Crippen LogP contribution in [0.4, 0.5) is 0 Å². The molecular weight excluding hydrogens is 477 g/mol. The third kappa shape index (κ3) is 9.19. The Labute approximate surface area is 194 Å². The molecule has 1 aromatic heterocycles. The fourth-order valence-corrected chi connectivity index (χ4v) is 3.91. The van der Waals surface area contributed by atoms with Gasteiger partial charge in [-0.05, 0) is 39.3 Å². The van der Waals surface area contributed by atoms with Crippen molar-refractivity contribution in [2.45, 2.75) is 91.3 Å². The molecule has 2 heterocycles. The smallest absolute Gasteiger partial charge is 0.191 e. The number of likely N-dealkylation sites (tertiary alicyclic amines) is 1. The highest BCUT2D eigenvalue weighted by Crippen LogP contribution is 2.16. The van der Waals surface area contributed by atoms with Gasteiger partial charge in [-0.2, -0.15) is 0 Å². The van der Waals surface area contributed by atoms with E-state index < -0.39 is 0 Å². The quantitative estimate of drug-likeness (QED) is 0.192. The maximum Gasteiger partial charge on any atom is 0.191 e. The van der Waals surface area contributed by atoms with Crippen LogP contribution in [-0.2, 0) is 13.0 Å². The molecule has 1 aliphatic heterocycles. The molecule has 0 amide bonds. The molecule has 0 radical (unpaired) electrons. The highest BCUT2D eigenvalue weighted by Gasteiger charge is 2.22. The summed E-state index contributed by atoms with van der Waals surface area (Å²) in [7, 11) is 0. The summed E-state index contributed by atoms with van der Waals surface area (Å²) < 4.78 is 2.12. The Morgan fingerprint density at radius 2 is 2.14 bits per heavy atom. The Hall–Kier alpha value is -0.900. The topological polar surface area (TPSA) is 70.4 Å². The highest BCUT2D eigenvalue weighted by molar-refractivity contribution is 14.0. The van der Waals surface area contributed by atoms with Crippen molar-refractivity contribution in [3.8, 4) is 0 Å². The van der Waals surface area contributed by atoms with Gasteiger partial charge in [0.05, 0.1) is 6.54 Å². The lowest BCUT2D eigenvalue weighted by atomic mass is 10.1. The summed E-state index contributed by atoms with van der Waals surface area (Å²) in [5, 5.41) is 15.3. The van der Waals surface area contributed by atoms with Gasteiger partial charge in [-0.25, -0.2) is 0 Å². The van der Waals surface area contributed by atoms with Crippen LogP contribution in [0.3, 0.4) is 0 Å². The number of guanidine groups is 1. The first-order valence-electron chi connectivity index (χ1n) is 11.3. The predicted molar refractivity (Wildman–Crippen MR) is 132 cm³/mol. The van der Waals surface area contributed by atoms with Gasteiger partial charge < -0.3 is 15.2 Å². The summed E-state index contributed by atoms with van der Waals surface area (Å²) in [6, 6.07) is 1.02. The average molecular weight is 520 g/mol. The summed E-state index contributed by atoms with van der Waals surface area (Å²) >= 11 is 0. The number of nitrogens with one attached hydrogen (secondary N) is 2. The number of likely N-dealkylation sites (N-methyl/N-ethyl adjacent to an activating group) is 1. The van der Waals surface area contributed by atoms with Crippen LogP contribution in [0.5, 0.6) is 0 Å². The second-order valence-corrected chi connectivity index (χ2v) is 7.88. The molecule has 168 valence electrons. The average Bonchev–Trinajstić information content (AvgIpc) is 3.34. The maximum absolute atomic E-state index is 4.95. The zero-order valence-corrected chi connectivity index (χ0v) is 21.2. The molecule has 2 atom stereocenters. The van der Waals surface area contributed by atoms with Crippen LogP contribution in [0, 0.1) is 0 Å². The van der Waals surface area contributed by atoms with Crippen molar-refractivity contribution >= 4 is 29.9 Å². The van der Waals surface area contributed by atoms with E-state index in [4.69, 9.17) is 4.99 Å². The van der Waals surface area contributed by atoms with Gasteiger partial charge in [0.1, 0.15) is 12.2 Å². The minimum atomic E-state index is 0. The first-order chi connectivity index (χ1) is 13.7. The summed E-state index contributed by atoms with van der Waals surface area (Å²) in [6.45, 7) is 13.8. The summed E-state index contributed by atoms with van der Waals surface area (Å²) in [4.78, 5) is 7.50. The third-order valence-electron chi connectivity index (χ3n) is 5.65. The molecule has 1 aromatic rings. The monoisotopic (exact) mass is 519 g/mol. The minimum Gasteiger partial charge on any atom is -0.355 e. The van der Waals surface area contributed by atoms with E-state index in [2.05, 4.69) is 58.0 Å². The SMILES string of the molecule is CCCCCC(C)NC(=NCC1CCCN1CC)NCCn1cnnc1CC.I. The van der Waals surface area contributed by atoms with Crippen LogP contribution in [0.15, 0.2) is 11.3 Å². The van der Waals surface area contributed by atoms with Gasteiger partial charge >= 0.3 is 0 Å². The number of hydrogen-bond donors (Lipinski definition) is 2. The number of aliphatic imine (C=N–C) groups is 1. The number of hydrogen-bond acceptors (Lipinski definition) is 4. The molecular formula is C21H42IN7. The van der Waals surface area contributed by atoms with E-state index in [1.165, 1.54) is 45.1 Å². The summed E-state index contributed by atoms with van der Waals surface area (Å²) in [6.07, 6.45) is 10.3. The number of rotatable bonds is 12. The van der Waals surface area contributed by atoms with E-state index in [0.717, 1.165) is 44.4 Å². The van der Waals surface area contributed by atoms with Crippen LogP contribution in [0.2, 0.25) is 0 Å². The zero-order chi connectivity index (χ0) is 20.2. The lowest BCUT2D eigenvalue weighted by Gasteiger charge is -2.23. The minimum absolute atomic E-state index is 0. The van der Waals surface area contributed by atoms with Gasteiger partial charge in [0.25, 0.3) is 0 Å². The third-order valence-corrected chi connectivity index (χ3v) is 5.65. The molecule has 0 spiro atoms. The van der Waals surface area contributed by atoms with Crippen molar-refractivity contribution in [2.75, 3.05) is 26.2 Å². The fourth-order valence-electron chi connectivity index (χ4n) is 3.91. The molecule has 2 rings (SSSR count). The van der Waals surface area contributed by atoms with Gasteiger partial charge in [0.15, 0.2) is 5.96 Å². The van der Waals surface area contributed by atoms with Gasteiger partial charge in [0.2, 0.25) is 0 Å². The Bertz CT molecular complexity index is 575. The van der Waals surface area contributed by atoms with Crippen LogP contribution >= 0.6 is 24.0 Å². The first-order valence-corrected chi connectivity index (χ1v) is 11.3. The Kier molecular flexibility index (Phi) is 13.5. The molecule has 29 heavy (non-hydrogen) atoms. The van der Waals surface area contributed by atoms with E-state index in [9.17, 15) is 0 Å². The number of aromatic nitrogens is 3. The fraction of sp³-hybridized carbons (Fsp3) is 0.857. The van der Waals surface area contributed by atoms with E-state index in [1.54, 1.807) is 0 Å². The van der Waals surface area contributed by atoms with E-state index in [1.807, 2.05) is 6.33 Å². The summed E-state index contributed by atoms with van der Waals surface area (Å²) in [5.74, 6) is 1.98. The maximum atomic E-state index is 4.95. The second-order valence-electron chi connectivity index (χ2n) is 7.88. The Morgan fingerprint density at radius 1 is 1.31 bits per heavy atom. The molecule has 0 saturated carbocycles. The molecule has 1 fully saturated rings. The largest absolute Gasteiger partial charge is 0.355 e. The molecule has 0 aliphatic carbocycles. The molecule has 2 N–H and O–H groups in total. The van der Waals surface area contributed by atoms with Crippen molar-refractivity contribution in [1.82, 2.24) is 30.3 Å². The molecule has 0 aromatic carbocycles.